The Kier molecular flexibility index (Phi) is 4.41. The van der Waals surface area contributed by atoms with Gasteiger partial charge in [-0.05, 0) is 49.4 Å². The highest BCUT2D eigenvalue weighted by Crippen LogP contribution is 2.51. The first-order chi connectivity index (χ1) is 13.5. The van der Waals surface area contributed by atoms with E-state index in [1.807, 2.05) is 43.3 Å². The van der Waals surface area contributed by atoms with Crippen LogP contribution in [0, 0.1) is 17.3 Å². The maximum Gasteiger partial charge on any atom is 0.259 e. The molecule has 2 N–H and O–H groups in total. The van der Waals surface area contributed by atoms with Gasteiger partial charge in [-0.25, -0.2) is 10.0 Å². The molecule has 2 atom stereocenters. The van der Waals surface area contributed by atoms with E-state index in [1.54, 1.807) is 24.3 Å². The summed E-state index contributed by atoms with van der Waals surface area (Å²) in [7, 11) is 0. The van der Waals surface area contributed by atoms with Crippen LogP contribution in [0.25, 0.3) is 0 Å². The first kappa shape index (κ1) is 18.2. The Morgan fingerprint density at radius 3 is 1.75 bits per heavy atom. The Hall–Kier alpha value is -3.15. The molecule has 6 heteroatoms. The van der Waals surface area contributed by atoms with E-state index >= 15 is 0 Å². The average Bonchev–Trinajstić information content (AvgIpc) is 3.21. The summed E-state index contributed by atoms with van der Waals surface area (Å²) in [5.41, 5.74) is 5.82. The van der Waals surface area contributed by atoms with Crippen LogP contribution in [0.15, 0.2) is 60.7 Å². The van der Waals surface area contributed by atoms with Crippen molar-refractivity contribution >= 4 is 29.1 Å². The van der Waals surface area contributed by atoms with Crippen molar-refractivity contribution in [1.82, 2.24) is 0 Å². The number of rotatable bonds is 4. The van der Waals surface area contributed by atoms with Gasteiger partial charge in [-0.15, -0.1) is 0 Å². The van der Waals surface area contributed by atoms with Gasteiger partial charge in [0.2, 0.25) is 5.91 Å². The van der Waals surface area contributed by atoms with E-state index in [-0.39, 0.29) is 5.92 Å². The highest BCUT2D eigenvalue weighted by atomic mass is 16.2. The normalized spacial score (nSPS) is 25.5. The molecule has 0 bridgehead atoms. The van der Waals surface area contributed by atoms with Crippen molar-refractivity contribution in [3.63, 3.8) is 0 Å². The SMILES string of the molecule is C[C@H]1CC[C@](C(N)=O)(C2C(=O)N(c3ccccc3)N(c3ccccc3)C2=O)C1. The summed E-state index contributed by atoms with van der Waals surface area (Å²) in [6.45, 7) is 2.03. The molecule has 2 aromatic carbocycles. The van der Waals surface area contributed by atoms with Gasteiger partial charge in [0, 0.05) is 0 Å². The number of anilines is 2. The van der Waals surface area contributed by atoms with Crippen LogP contribution in [0.3, 0.4) is 0 Å². The lowest BCUT2D eigenvalue weighted by molar-refractivity contribution is -0.143. The molecule has 6 nitrogen and oxygen atoms in total. The molecule has 1 saturated carbocycles. The first-order valence-electron chi connectivity index (χ1n) is 9.53. The molecule has 1 saturated heterocycles. The van der Waals surface area contributed by atoms with Gasteiger partial charge in [0.05, 0.1) is 16.8 Å². The molecule has 0 aromatic heterocycles. The van der Waals surface area contributed by atoms with E-state index in [9.17, 15) is 14.4 Å². The van der Waals surface area contributed by atoms with Crippen LogP contribution in [0.2, 0.25) is 0 Å². The molecule has 28 heavy (non-hydrogen) atoms. The topological polar surface area (TPSA) is 83.7 Å². The number of primary amides is 1. The minimum atomic E-state index is -1.13. The molecular weight excluding hydrogens is 354 g/mol. The van der Waals surface area contributed by atoms with Gasteiger partial charge in [-0.3, -0.25) is 14.4 Å². The Bertz CT molecular complexity index is 858. The number of amides is 3. The predicted octanol–water partition coefficient (Wildman–Crippen LogP) is 2.89. The smallest absolute Gasteiger partial charge is 0.259 e. The van der Waals surface area contributed by atoms with Crippen molar-refractivity contribution in [3.8, 4) is 0 Å². The van der Waals surface area contributed by atoms with Crippen LogP contribution in [0.5, 0.6) is 0 Å². The third-order valence-electron chi connectivity index (χ3n) is 5.95. The number of nitrogens with zero attached hydrogens (tertiary/aromatic N) is 2. The fourth-order valence-corrected chi connectivity index (χ4v) is 4.60. The Morgan fingerprint density at radius 2 is 1.39 bits per heavy atom. The van der Waals surface area contributed by atoms with Gasteiger partial charge >= 0.3 is 0 Å². The molecular formula is C22H23N3O3. The summed E-state index contributed by atoms with van der Waals surface area (Å²) in [6.07, 6.45) is 1.68. The Morgan fingerprint density at radius 1 is 0.929 bits per heavy atom. The molecule has 1 heterocycles. The van der Waals surface area contributed by atoms with Crippen LogP contribution >= 0.6 is 0 Å². The van der Waals surface area contributed by atoms with E-state index in [4.69, 9.17) is 5.73 Å². The van der Waals surface area contributed by atoms with Crippen molar-refractivity contribution in [1.29, 1.82) is 0 Å². The monoisotopic (exact) mass is 377 g/mol. The van der Waals surface area contributed by atoms with Crippen LogP contribution in [-0.2, 0) is 14.4 Å². The van der Waals surface area contributed by atoms with E-state index in [1.165, 1.54) is 10.0 Å². The minimum Gasteiger partial charge on any atom is -0.369 e. The maximum absolute atomic E-state index is 13.6. The summed E-state index contributed by atoms with van der Waals surface area (Å²) >= 11 is 0. The average molecular weight is 377 g/mol. The zero-order valence-corrected chi connectivity index (χ0v) is 15.7. The van der Waals surface area contributed by atoms with Gasteiger partial charge in [-0.1, -0.05) is 43.3 Å². The molecule has 4 rings (SSSR count). The first-order valence-corrected chi connectivity index (χ1v) is 9.53. The fourth-order valence-electron chi connectivity index (χ4n) is 4.60. The number of para-hydroxylation sites is 2. The number of nitrogens with two attached hydrogens (primary N) is 1. The Labute approximate surface area is 163 Å². The lowest BCUT2D eigenvalue weighted by Gasteiger charge is -2.28. The molecule has 2 aliphatic rings. The van der Waals surface area contributed by atoms with Crippen LogP contribution in [0.4, 0.5) is 11.4 Å². The van der Waals surface area contributed by atoms with E-state index in [0.29, 0.717) is 24.2 Å². The van der Waals surface area contributed by atoms with E-state index < -0.39 is 29.1 Å². The highest BCUT2D eigenvalue weighted by Gasteiger charge is 2.61. The van der Waals surface area contributed by atoms with Gasteiger partial charge in [0.25, 0.3) is 11.8 Å². The molecule has 2 aromatic rings. The van der Waals surface area contributed by atoms with Crippen LogP contribution in [-0.4, -0.2) is 17.7 Å². The van der Waals surface area contributed by atoms with Gasteiger partial charge in [-0.2, -0.15) is 0 Å². The van der Waals surface area contributed by atoms with Crippen molar-refractivity contribution < 1.29 is 14.4 Å². The van der Waals surface area contributed by atoms with Gasteiger partial charge < -0.3 is 5.73 Å². The number of hydrogen-bond acceptors (Lipinski definition) is 3. The van der Waals surface area contributed by atoms with Crippen LogP contribution < -0.4 is 15.8 Å². The third-order valence-corrected chi connectivity index (χ3v) is 5.95. The lowest BCUT2D eigenvalue weighted by atomic mass is 9.72. The van der Waals surface area contributed by atoms with Crippen molar-refractivity contribution in [2.24, 2.45) is 23.0 Å². The number of hydrogen-bond donors (Lipinski definition) is 1. The molecule has 2 fully saturated rings. The summed E-state index contributed by atoms with van der Waals surface area (Å²) in [6, 6.07) is 18.0. The minimum absolute atomic E-state index is 0.240. The maximum atomic E-state index is 13.6. The largest absolute Gasteiger partial charge is 0.369 e. The molecule has 0 spiro atoms. The second-order valence-electron chi connectivity index (χ2n) is 7.77. The predicted molar refractivity (Wildman–Crippen MR) is 106 cm³/mol. The fraction of sp³-hybridized carbons (Fsp3) is 0.318. The van der Waals surface area contributed by atoms with Gasteiger partial charge in [0.15, 0.2) is 0 Å². The zero-order chi connectivity index (χ0) is 19.9. The lowest BCUT2D eigenvalue weighted by Crippen LogP contribution is -2.47. The van der Waals surface area contributed by atoms with E-state index in [0.717, 1.165) is 6.42 Å². The summed E-state index contributed by atoms with van der Waals surface area (Å²) in [5.74, 6) is -2.22. The van der Waals surface area contributed by atoms with Crippen LogP contribution in [0.1, 0.15) is 26.2 Å². The summed E-state index contributed by atoms with van der Waals surface area (Å²) in [5, 5.41) is 2.77. The highest BCUT2D eigenvalue weighted by molar-refractivity contribution is 6.25. The molecule has 1 aliphatic heterocycles. The molecule has 144 valence electrons. The molecule has 3 amide bonds. The standard InChI is InChI=1S/C22H23N3O3/c1-15-12-13-22(14-15,21(23)28)18-19(26)24(16-8-4-2-5-9-16)25(20(18)27)17-10-6-3-7-11-17/h2-11,15,18H,12-14H2,1H3,(H2,23,28)/t15-,22+/m0/s1. The zero-order valence-electron chi connectivity index (χ0n) is 15.7. The van der Waals surface area contributed by atoms with Crippen molar-refractivity contribution in [2.45, 2.75) is 26.2 Å². The summed E-state index contributed by atoms with van der Waals surface area (Å²) in [4.78, 5) is 39.6. The Balaban J connectivity index is 1.85. The second kappa shape index (κ2) is 6.78. The number of carbonyl (C=O) groups excluding carboxylic acids is 3. The summed E-state index contributed by atoms with van der Waals surface area (Å²) < 4.78 is 0. The number of hydrazine groups is 1. The second-order valence-corrected chi connectivity index (χ2v) is 7.77. The van der Waals surface area contributed by atoms with Crippen molar-refractivity contribution in [3.05, 3.63) is 60.7 Å². The number of carbonyl (C=O) groups is 3. The molecule has 1 aliphatic carbocycles. The van der Waals surface area contributed by atoms with Crippen molar-refractivity contribution in [2.75, 3.05) is 10.0 Å². The quantitative estimate of drug-likeness (QED) is 0.832. The third kappa shape index (κ3) is 2.68. The molecule has 0 radical (unpaired) electrons. The van der Waals surface area contributed by atoms with Gasteiger partial charge in [0.1, 0.15) is 5.92 Å². The van der Waals surface area contributed by atoms with E-state index in [2.05, 4.69) is 0 Å². The number of benzene rings is 2. The molecule has 0 unspecified atom stereocenters.